The quantitative estimate of drug-likeness (QED) is 0.848. The normalized spacial score (nSPS) is 10.3. The van der Waals surface area contributed by atoms with Crippen molar-refractivity contribution in [3.8, 4) is 11.8 Å². The van der Waals surface area contributed by atoms with Gasteiger partial charge >= 0.3 is 0 Å². The number of ether oxygens (including phenoxy) is 2. The van der Waals surface area contributed by atoms with Gasteiger partial charge in [-0.15, -0.1) is 11.3 Å². The van der Waals surface area contributed by atoms with Gasteiger partial charge in [0, 0.05) is 24.7 Å². The highest BCUT2D eigenvalue weighted by atomic mass is 32.1. The lowest BCUT2D eigenvalue weighted by Crippen LogP contribution is -2.15. The van der Waals surface area contributed by atoms with Gasteiger partial charge in [0.05, 0.1) is 19.8 Å². The molecule has 0 spiro atoms. The van der Waals surface area contributed by atoms with E-state index >= 15 is 0 Å². The van der Waals surface area contributed by atoms with E-state index in [-0.39, 0.29) is 0 Å². The van der Waals surface area contributed by atoms with Crippen LogP contribution in [0, 0.1) is 0 Å². The maximum absolute atomic E-state index is 5.19. The van der Waals surface area contributed by atoms with Gasteiger partial charge in [-0.2, -0.15) is 0 Å². The Kier molecular flexibility index (Phi) is 4.43. The van der Waals surface area contributed by atoms with Crippen LogP contribution in [0.5, 0.6) is 11.8 Å². The third-order valence-corrected chi connectivity index (χ3v) is 3.09. The summed E-state index contributed by atoms with van der Waals surface area (Å²) in [6, 6.07) is 0. The molecule has 0 aromatic carbocycles. The fourth-order valence-corrected chi connectivity index (χ4v) is 2.10. The molecule has 7 heteroatoms. The minimum absolute atomic E-state index is 0.522. The lowest BCUT2D eigenvalue weighted by molar-refractivity contribution is 0.359. The predicted octanol–water partition coefficient (Wildman–Crippen LogP) is 1.24. The van der Waals surface area contributed by atoms with E-state index in [2.05, 4.69) is 20.3 Å². The zero-order valence-electron chi connectivity index (χ0n) is 10.2. The number of hydrogen-bond donors (Lipinski definition) is 1. The molecule has 0 saturated carbocycles. The number of rotatable bonds is 6. The molecule has 96 valence electrons. The largest absolute Gasteiger partial charge is 0.481 e. The number of nitrogens with one attached hydrogen (secondary N) is 1. The zero-order chi connectivity index (χ0) is 12.8. The Labute approximate surface area is 109 Å². The molecular formula is C11H14N4O2S. The third kappa shape index (κ3) is 2.93. The summed E-state index contributed by atoms with van der Waals surface area (Å²) < 4.78 is 10.4. The Balaban J connectivity index is 2.03. The molecule has 0 unspecified atom stereocenters. The highest BCUT2D eigenvalue weighted by Gasteiger charge is 2.12. The molecule has 0 radical (unpaired) electrons. The van der Waals surface area contributed by atoms with Crippen molar-refractivity contribution in [2.45, 2.75) is 13.1 Å². The summed E-state index contributed by atoms with van der Waals surface area (Å²) in [5.41, 5.74) is 0.805. The van der Waals surface area contributed by atoms with Gasteiger partial charge in [0.25, 0.3) is 0 Å². The van der Waals surface area contributed by atoms with Crippen LogP contribution >= 0.6 is 11.3 Å². The van der Waals surface area contributed by atoms with Crippen LogP contribution in [0.2, 0.25) is 0 Å². The molecule has 0 fully saturated rings. The van der Waals surface area contributed by atoms with E-state index in [1.165, 1.54) is 6.33 Å². The zero-order valence-corrected chi connectivity index (χ0v) is 11.0. The monoisotopic (exact) mass is 266 g/mol. The van der Waals surface area contributed by atoms with Crippen LogP contribution in [-0.2, 0) is 13.1 Å². The van der Waals surface area contributed by atoms with Gasteiger partial charge in [0.1, 0.15) is 11.3 Å². The summed E-state index contributed by atoms with van der Waals surface area (Å²) in [6.07, 6.45) is 3.20. The lowest BCUT2D eigenvalue weighted by Gasteiger charge is -2.10. The van der Waals surface area contributed by atoms with Crippen molar-refractivity contribution in [3.05, 3.63) is 28.5 Å². The Morgan fingerprint density at radius 2 is 1.83 bits per heavy atom. The molecule has 2 heterocycles. The van der Waals surface area contributed by atoms with E-state index in [1.807, 2.05) is 5.38 Å². The van der Waals surface area contributed by atoms with Crippen molar-refractivity contribution in [1.29, 1.82) is 0 Å². The number of methoxy groups -OCH3 is 2. The first-order chi connectivity index (χ1) is 8.85. The van der Waals surface area contributed by atoms with E-state index < -0.39 is 0 Å². The van der Waals surface area contributed by atoms with Gasteiger partial charge in [-0.1, -0.05) is 0 Å². The predicted molar refractivity (Wildman–Crippen MR) is 67.8 cm³/mol. The standard InChI is InChI=1S/C11H14N4O2S/c1-16-10-8(11(17-2)15-7-14-10)5-12-6-9-13-3-4-18-9/h3-4,7,12H,5-6H2,1-2H3. The lowest BCUT2D eigenvalue weighted by atomic mass is 10.3. The number of aromatic nitrogens is 3. The van der Waals surface area contributed by atoms with Crippen LogP contribution < -0.4 is 14.8 Å². The van der Waals surface area contributed by atoms with Crippen molar-refractivity contribution in [2.24, 2.45) is 0 Å². The molecule has 18 heavy (non-hydrogen) atoms. The van der Waals surface area contributed by atoms with Crippen molar-refractivity contribution in [1.82, 2.24) is 20.3 Å². The summed E-state index contributed by atoms with van der Waals surface area (Å²) in [5.74, 6) is 1.04. The van der Waals surface area contributed by atoms with E-state index in [0.717, 1.165) is 10.6 Å². The van der Waals surface area contributed by atoms with Crippen LogP contribution in [-0.4, -0.2) is 29.2 Å². The molecule has 0 aliphatic carbocycles. The average molecular weight is 266 g/mol. The molecule has 0 saturated heterocycles. The number of hydrogen-bond acceptors (Lipinski definition) is 7. The molecule has 2 rings (SSSR count). The molecule has 0 aliphatic rings. The van der Waals surface area contributed by atoms with Crippen LogP contribution in [0.25, 0.3) is 0 Å². The smallest absolute Gasteiger partial charge is 0.224 e. The first-order valence-electron chi connectivity index (χ1n) is 5.36. The topological polar surface area (TPSA) is 69.2 Å². The summed E-state index contributed by atoms with van der Waals surface area (Å²) in [6.45, 7) is 1.26. The highest BCUT2D eigenvalue weighted by Crippen LogP contribution is 2.22. The minimum Gasteiger partial charge on any atom is -0.481 e. The van der Waals surface area contributed by atoms with Crippen LogP contribution in [0.3, 0.4) is 0 Å². The third-order valence-electron chi connectivity index (χ3n) is 2.31. The molecule has 0 amide bonds. The first kappa shape index (κ1) is 12.7. The van der Waals surface area contributed by atoms with Gasteiger partial charge in [-0.05, 0) is 0 Å². The molecule has 2 aromatic heterocycles. The Morgan fingerprint density at radius 1 is 1.11 bits per heavy atom. The summed E-state index contributed by atoms with van der Waals surface area (Å²) in [7, 11) is 3.15. The summed E-state index contributed by atoms with van der Waals surface area (Å²) in [5, 5.41) is 6.24. The molecule has 6 nitrogen and oxygen atoms in total. The fourth-order valence-electron chi connectivity index (χ4n) is 1.52. The molecule has 0 aliphatic heterocycles. The second-order valence-electron chi connectivity index (χ2n) is 3.40. The van der Waals surface area contributed by atoms with Gasteiger partial charge in [-0.3, -0.25) is 0 Å². The van der Waals surface area contributed by atoms with Gasteiger partial charge in [0.15, 0.2) is 0 Å². The van der Waals surface area contributed by atoms with Crippen molar-refractivity contribution < 1.29 is 9.47 Å². The fraction of sp³-hybridized carbons (Fsp3) is 0.364. The molecular weight excluding hydrogens is 252 g/mol. The second kappa shape index (κ2) is 6.27. The molecule has 2 aromatic rings. The van der Waals surface area contributed by atoms with Crippen molar-refractivity contribution >= 4 is 11.3 Å². The maximum Gasteiger partial charge on any atom is 0.224 e. The molecule has 0 atom stereocenters. The van der Waals surface area contributed by atoms with Crippen LogP contribution in [0.4, 0.5) is 0 Å². The van der Waals surface area contributed by atoms with E-state index in [9.17, 15) is 0 Å². The minimum atomic E-state index is 0.522. The highest BCUT2D eigenvalue weighted by molar-refractivity contribution is 7.09. The maximum atomic E-state index is 5.19. The Bertz CT molecular complexity index is 468. The Morgan fingerprint density at radius 3 is 2.39 bits per heavy atom. The second-order valence-corrected chi connectivity index (χ2v) is 4.38. The van der Waals surface area contributed by atoms with Crippen molar-refractivity contribution in [3.63, 3.8) is 0 Å². The first-order valence-corrected chi connectivity index (χ1v) is 6.24. The average Bonchev–Trinajstić information content (AvgIpc) is 2.92. The van der Waals surface area contributed by atoms with Crippen LogP contribution in [0.1, 0.15) is 10.6 Å². The molecule has 1 N–H and O–H groups in total. The summed E-state index contributed by atoms with van der Waals surface area (Å²) in [4.78, 5) is 12.3. The number of nitrogens with zero attached hydrogens (tertiary/aromatic N) is 3. The van der Waals surface area contributed by atoms with E-state index in [4.69, 9.17) is 9.47 Å². The SMILES string of the molecule is COc1ncnc(OC)c1CNCc1nccs1. The van der Waals surface area contributed by atoms with Crippen molar-refractivity contribution in [2.75, 3.05) is 14.2 Å². The van der Waals surface area contributed by atoms with Gasteiger partial charge in [-0.25, -0.2) is 15.0 Å². The Hall–Kier alpha value is -1.73. The van der Waals surface area contributed by atoms with Gasteiger partial charge < -0.3 is 14.8 Å². The van der Waals surface area contributed by atoms with E-state index in [0.29, 0.717) is 24.8 Å². The van der Waals surface area contributed by atoms with Crippen LogP contribution in [0.15, 0.2) is 17.9 Å². The summed E-state index contributed by atoms with van der Waals surface area (Å²) >= 11 is 1.61. The van der Waals surface area contributed by atoms with Gasteiger partial charge in [0.2, 0.25) is 11.8 Å². The number of thiazole rings is 1. The molecule has 0 bridgehead atoms. The van der Waals surface area contributed by atoms with E-state index in [1.54, 1.807) is 31.8 Å².